The largest absolute Gasteiger partial charge is 0.382 e. The molecule has 0 fully saturated rings. The number of nitrogens with zero attached hydrogens (tertiary/aromatic N) is 3. The third-order valence-electron chi connectivity index (χ3n) is 2.72. The fourth-order valence-corrected chi connectivity index (χ4v) is 1.68. The maximum atomic E-state index is 5.53. The molecule has 1 aromatic heterocycles. The molecule has 0 saturated carbocycles. The van der Waals surface area contributed by atoms with E-state index in [0.717, 1.165) is 25.2 Å². The normalized spacial score (nSPS) is 12.8. The highest BCUT2D eigenvalue weighted by Crippen LogP contribution is 2.01. The van der Waals surface area contributed by atoms with Crippen LogP contribution in [-0.4, -0.2) is 54.8 Å². The van der Waals surface area contributed by atoms with Gasteiger partial charge in [-0.2, -0.15) is 5.10 Å². The highest BCUT2D eigenvalue weighted by atomic mass is 16.5. The molecule has 1 N–H and O–H groups in total. The Bertz CT molecular complexity index is 317. The van der Waals surface area contributed by atoms with Crippen LogP contribution in [0.4, 0.5) is 0 Å². The topological polar surface area (TPSA) is 61.2 Å². The van der Waals surface area contributed by atoms with Gasteiger partial charge in [0.25, 0.3) is 0 Å². The summed E-state index contributed by atoms with van der Waals surface area (Å²) in [6, 6.07) is 0.252. The predicted molar refractivity (Wildman–Crippen MR) is 69.6 cm³/mol. The van der Waals surface area contributed by atoms with Crippen LogP contribution in [0, 0.1) is 0 Å². The number of nitrogens with one attached hydrogen (secondary N) is 1. The molecular formula is C12H24N4O2. The Morgan fingerprint density at radius 3 is 2.94 bits per heavy atom. The van der Waals surface area contributed by atoms with Gasteiger partial charge in [-0.25, -0.2) is 4.98 Å². The summed E-state index contributed by atoms with van der Waals surface area (Å²) in [5.74, 6) is 1.01. The number of aromatic nitrogens is 3. The Balaban J connectivity index is 2.39. The summed E-state index contributed by atoms with van der Waals surface area (Å²) >= 11 is 0. The van der Waals surface area contributed by atoms with E-state index in [1.54, 1.807) is 13.4 Å². The van der Waals surface area contributed by atoms with Gasteiger partial charge in [0.1, 0.15) is 12.2 Å². The molecule has 0 spiro atoms. The average Bonchev–Trinajstić information content (AvgIpc) is 2.81. The predicted octanol–water partition coefficient (Wildman–Crippen LogP) is 0.482. The van der Waals surface area contributed by atoms with Gasteiger partial charge >= 0.3 is 0 Å². The van der Waals surface area contributed by atoms with Crippen molar-refractivity contribution in [3.63, 3.8) is 0 Å². The van der Waals surface area contributed by atoms with Crippen molar-refractivity contribution in [3.8, 4) is 0 Å². The SMILES string of the molecule is CCCn1ncnc1CC(COCCOC)NC. The number of hydrogen-bond acceptors (Lipinski definition) is 5. The standard InChI is InChI=1S/C12H24N4O2/c1-4-5-16-12(14-10-15-16)8-11(13-2)9-18-7-6-17-3/h10-11,13H,4-9H2,1-3H3. The number of hydrogen-bond donors (Lipinski definition) is 1. The molecule has 0 aliphatic heterocycles. The van der Waals surface area contributed by atoms with Crippen molar-refractivity contribution in [2.24, 2.45) is 0 Å². The summed E-state index contributed by atoms with van der Waals surface area (Å²) in [4.78, 5) is 4.30. The molecule has 0 saturated heterocycles. The minimum absolute atomic E-state index is 0.252. The lowest BCUT2D eigenvalue weighted by atomic mass is 10.2. The van der Waals surface area contributed by atoms with Crippen molar-refractivity contribution in [2.45, 2.75) is 32.4 Å². The maximum Gasteiger partial charge on any atom is 0.138 e. The molecule has 1 aromatic rings. The van der Waals surface area contributed by atoms with Gasteiger partial charge in [-0.05, 0) is 13.5 Å². The molecule has 18 heavy (non-hydrogen) atoms. The van der Waals surface area contributed by atoms with Crippen molar-refractivity contribution >= 4 is 0 Å². The summed E-state index contributed by atoms with van der Waals surface area (Å²) in [6.45, 7) is 4.95. The first kappa shape index (κ1) is 15.1. The Morgan fingerprint density at radius 2 is 2.28 bits per heavy atom. The van der Waals surface area contributed by atoms with E-state index in [-0.39, 0.29) is 6.04 Å². The van der Waals surface area contributed by atoms with Crippen LogP contribution in [-0.2, 0) is 22.4 Å². The van der Waals surface area contributed by atoms with Gasteiger partial charge in [-0.3, -0.25) is 4.68 Å². The van der Waals surface area contributed by atoms with E-state index >= 15 is 0 Å². The van der Waals surface area contributed by atoms with Gasteiger partial charge in [0.05, 0.1) is 19.8 Å². The monoisotopic (exact) mass is 256 g/mol. The van der Waals surface area contributed by atoms with Crippen LogP contribution in [0.3, 0.4) is 0 Å². The van der Waals surface area contributed by atoms with Crippen LogP contribution >= 0.6 is 0 Å². The lowest BCUT2D eigenvalue weighted by Gasteiger charge is -2.16. The lowest BCUT2D eigenvalue weighted by molar-refractivity contribution is 0.0593. The first-order valence-electron chi connectivity index (χ1n) is 6.42. The zero-order valence-corrected chi connectivity index (χ0v) is 11.6. The fourth-order valence-electron chi connectivity index (χ4n) is 1.68. The van der Waals surface area contributed by atoms with Crippen molar-refractivity contribution in [3.05, 3.63) is 12.2 Å². The second-order valence-electron chi connectivity index (χ2n) is 4.16. The Hall–Kier alpha value is -0.980. The third-order valence-corrected chi connectivity index (χ3v) is 2.72. The van der Waals surface area contributed by atoms with E-state index in [2.05, 4.69) is 22.3 Å². The molecule has 104 valence electrons. The number of methoxy groups -OCH3 is 1. The summed E-state index contributed by atoms with van der Waals surface area (Å²) in [6.07, 6.45) is 3.50. The van der Waals surface area contributed by atoms with E-state index < -0.39 is 0 Å². The molecule has 0 aliphatic rings. The highest BCUT2D eigenvalue weighted by molar-refractivity contribution is 4.89. The van der Waals surface area contributed by atoms with Gasteiger partial charge in [-0.1, -0.05) is 6.92 Å². The molecule has 1 unspecified atom stereocenters. The molecule has 1 atom stereocenters. The average molecular weight is 256 g/mol. The van der Waals surface area contributed by atoms with E-state index in [1.165, 1.54) is 0 Å². The first-order valence-corrected chi connectivity index (χ1v) is 6.42. The third kappa shape index (κ3) is 5.12. The van der Waals surface area contributed by atoms with Crippen molar-refractivity contribution in [1.82, 2.24) is 20.1 Å². The van der Waals surface area contributed by atoms with E-state index in [9.17, 15) is 0 Å². The number of aryl methyl sites for hydroxylation is 1. The maximum absolute atomic E-state index is 5.53. The summed E-state index contributed by atoms with van der Waals surface area (Å²) in [7, 11) is 3.61. The minimum atomic E-state index is 0.252. The summed E-state index contributed by atoms with van der Waals surface area (Å²) in [5.41, 5.74) is 0. The van der Waals surface area contributed by atoms with Crippen LogP contribution in [0.5, 0.6) is 0 Å². The number of likely N-dealkylation sites (N-methyl/N-ethyl adjacent to an activating group) is 1. The quantitative estimate of drug-likeness (QED) is 0.617. The van der Waals surface area contributed by atoms with Gasteiger partial charge < -0.3 is 14.8 Å². The zero-order chi connectivity index (χ0) is 13.2. The molecular weight excluding hydrogens is 232 g/mol. The van der Waals surface area contributed by atoms with Crippen molar-refractivity contribution < 1.29 is 9.47 Å². The molecule has 0 bridgehead atoms. The molecule has 1 rings (SSSR count). The second kappa shape index (κ2) is 9.02. The second-order valence-corrected chi connectivity index (χ2v) is 4.16. The van der Waals surface area contributed by atoms with Crippen molar-refractivity contribution in [1.29, 1.82) is 0 Å². The molecule has 0 radical (unpaired) electrons. The molecule has 0 aromatic carbocycles. The van der Waals surface area contributed by atoms with Gasteiger partial charge in [0, 0.05) is 26.1 Å². The van der Waals surface area contributed by atoms with Crippen LogP contribution in [0.2, 0.25) is 0 Å². The van der Waals surface area contributed by atoms with E-state index in [0.29, 0.717) is 19.8 Å². The minimum Gasteiger partial charge on any atom is -0.382 e. The van der Waals surface area contributed by atoms with Gasteiger partial charge in [0.15, 0.2) is 0 Å². The number of ether oxygens (including phenoxy) is 2. The highest BCUT2D eigenvalue weighted by Gasteiger charge is 2.12. The zero-order valence-electron chi connectivity index (χ0n) is 11.6. The molecule has 0 aliphatic carbocycles. The van der Waals surface area contributed by atoms with Crippen molar-refractivity contribution in [2.75, 3.05) is 34.0 Å². The van der Waals surface area contributed by atoms with Crippen LogP contribution in [0.25, 0.3) is 0 Å². The summed E-state index contributed by atoms with van der Waals surface area (Å²) < 4.78 is 12.4. The van der Waals surface area contributed by atoms with Gasteiger partial charge in [0.2, 0.25) is 0 Å². The molecule has 6 nitrogen and oxygen atoms in total. The Labute approximate surface area is 109 Å². The van der Waals surface area contributed by atoms with Crippen LogP contribution in [0.15, 0.2) is 6.33 Å². The van der Waals surface area contributed by atoms with Crippen LogP contribution in [0.1, 0.15) is 19.2 Å². The molecule has 6 heteroatoms. The number of rotatable bonds is 10. The van der Waals surface area contributed by atoms with E-state index in [4.69, 9.17) is 9.47 Å². The smallest absolute Gasteiger partial charge is 0.138 e. The van der Waals surface area contributed by atoms with E-state index in [1.807, 2.05) is 11.7 Å². The van der Waals surface area contributed by atoms with Gasteiger partial charge in [-0.15, -0.1) is 0 Å². The first-order chi connectivity index (χ1) is 8.81. The summed E-state index contributed by atoms with van der Waals surface area (Å²) in [5, 5.41) is 7.46. The van der Waals surface area contributed by atoms with Crippen LogP contribution < -0.4 is 5.32 Å². The fraction of sp³-hybridized carbons (Fsp3) is 0.833. The Morgan fingerprint density at radius 1 is 1.44 bits per heavy atom. The Kier molecular flexibility index (Phi) is 7.55. The lowest BCUT2D eigenvalue weighted by Crippen LogP contribution is -2.34. The molecule has 1 heterocycles. The molecule has 0 amide bonds.